The van der Waals surface area contributed by atoms with Crippen LogP contribution in [0.15, 0.2) is 52.7 Å². The van der Waals surface area contributed by atoms with Gasteiger partial charge in [-0.2, -0.15) is 0 Å². The summed E-state index contributed by atoms with van der Waals surface area (Å²) in [5.41, 5.74) is 3.47. The highest BCUT2D eigenvalue weighted by atomic mass is 32.1. The molecule has 0 atom stereocenters. The van der Waals surface area contributed by atoms with Gasteiger partial charge < -0.3 is 15.0 Å². The summed E-state index contributed by atoms with van der Waals surface area (Å²) in [5.74, 6) is -0.106. The lowest BCUT2D eigenvalue weighted by atomic mass is 10.2. The SMILES string of the molecule is CC(=O)Nc1ccc2sc(N=Nc3ccc(N4CCOCC4)cc3)nc2c1. The minimum atomic E-state index is -0.106. The van der Waals surface area contributed by atoms with Crippen LogP contribution in [0, 0.1) is 0 Å². The van der Waals surface area contributed by atoms with E-state index in [4.69, 9.17) is 4.74 Å². The molecular formula is C19H19N5O2S. The van der Waals surface area contributed by atoms with Gasteiger partial charge >= 0.3 is 0 Å². The van der Waals surface area contributed by atoms with E-state index >= 15 is 0 Å². The third-order valence-electron chi connectivity index (χ3n) is 4.17. The number of amides is 1. The highest BCUT2D eigenvalue weighted by Crippen LogP contribution is 2.31. The van der Waals surface area contributed by atoms with Crippen molar-refractivity contribution < 1.29 is 9.53 Å². The lowest BCUT2D eigenvalue weighted by molar-refractivity contribution is -0.114. The van der Waals surface area contributed by atoms with Crippen molar-refractivity contribution in [2.45, 2.75) is 6.92 Å². The molecule has 0 aliphatic carbocycles. The number of carbonyl (C=O) groups excluding carboxylic acids is 1. The second-order valence-electron chi connectivity index (χ2n) is 6.18. The van der Waals surface area contributed by atoms with Gasteiger partial charge in [0.25, 0.3) is 0 Å². The summed E-state index contributed by atoms with van der Waals surface area (Å²) in [6.07, 6.45) is 0. The number of morpholine rings is 1. The zero-order valence-corrected chi connectivity index (χ0v) is 15.7. The molecule has 1 aliphatic rings. The van der Waals surface area contributed by atoms with Crippen LogP contribution in [0.5, 0.6) is 0 Å². The normalized spacial score (nSPS) is 14.8. The Morgan fingerprint density at radius 1 is 1.15 bits per heavy atom. The van der Waals surface area contributed by atoms with Crippen LogP contribution >= 0.6 is 11.3 Å². The van der Waals surface area contributed by atoms with Crippen molar-refractivity contribution in [2.75, 3.05) is 36.5 Å². The molecule has 0 unspecified atom stereocenters. The van der Waals surface area contributed by atoms with Crippen LogP contribution in [0.4, 0.5) is 22.2 Å². The molecule has 2 aromatic carbocycles. The summed E-state index contributed by atoms with van der Waals surface area (Å²) in [6, 6.07) is 13.6. The number of rotatable bonds is 4. The topological polar surface area (TPSA) is 79.2 Å². The van der Waals surface area contributed by atoms with E-state index in [0.717, 1.165) is 47.9 Å². The number of nitrogens with one attached hydrogen (secondary N) is 1. The molecule has 138 valence electrons. The number of thiazole rings is 1. The predicted octanol–water partition coefficient (Wildman–Crippen LogP) is 4.51. The van der Waals surface area contributed by atoms with Gasteiger partial charge in [-0.1, -0.05) is 11.3 Å². The molecule has 0 saturated carbocycles. The Morgan fingerprint density at radius 3 is 2.67 bits per heavy atom. The molecule has 1 aliphatic heterocycles. The number of azo groups is 1. The van der Waals surface area contributed by atoms with Crippen LogP contribution < -0.4 is 10.2 Å². The first-order chi connectivity index (χ1) is 13.2. The number of anilines is 2. The van der Waals surface area contributed by atoms with E-state index in [1.807, 2.05) is 30.3 Å². The molecule has 2 heterocycles. The molecule has 1 saturated heterocycles. The van der Waals surface area contributed by atoms with Crippen molar-refractivity contribution in [3.63, 3.8) is 0 Å². The molecule has 27 heavy (non-hydrogen) atoms. The molecule has 1 aromatic heterocycles. The number of ether oxygens (including phenoxy) is 1. The lowest BCUT2D eigenvalue weighted by Gasteiger charge is -2.28. The number of hydrogen-bond acceptors (Lipinski definition) is 7. The van der Waals surface area contributed by atoms with E-state index < -0.39 is 0 Å². The second kappa shape index (κ2) is 7.81. The van der Waals surface area contributed by atoms with E-state index in [9.17, 15) is 4.79 Å². The standard InChI is InChI=1S/C19H19N5O2S/c1-13(25)20-15-4-7-18-17(12-15)21-19(27-18)23-22-14-2-5-16(6-3-14)24-8-10-26-11-9-24/h2-7,12H,8-11H2,1H3,(H,20,25). The number of carbonyl (C=O) groups is 1. The number of fused-ring (bicyclic) bond motifs is 1. The molecule has 0 radical (unpaired) electrons. The Labute approximate surface area is 160 Å². The fourth-order valence-corrected chi connectivity index (χ4v) is 3.66. The van der Waals surface area contributed by atoms with Crippen molar-refractivity contribution in [1.29, 1.82) is 0 Å². The maximum Gasteiger partial charge on any atom is 0.231 e. The number of aromatic nitrogens is 1. The first kappa shape index (κ1) is 17.6. The number of hydrogen-bond donors (Lipinski definition) is 1. The first-order valence-electron chi connectivity index (χ1n) is 8.70. The summed E-state index contributed by atoms with van der Waals surface area (Å²) in [7, 11) is 0. The van der Waals surface area contributed by atoms with E-state index in [0.29, 0.717) is 5.13 Å². The van der Waals surface area contributed by atoms with E-state index in [1.54, 1.807) is 0 Å². The summed E-state index contributed by atoms with van der Waals surface area (Å²) in [6.45, 7) is 4.83. The third-order valence-corrected chi connectivity index (χ3v) is 5.09. The van der Waals surface area contributed by atoms with Crippen LogP contribution in [0.25, 0.3) is 10.2 Å². The Hall–Kier alpha value is -2.84. The molecule has 0 spiro atoms. The van der Waals surface area contributed by atoms with E-state index in [1.165, 1.54) is 23.9 Å². The van der Waals surface area contributed by atoms with Crippen LogP contribution in [-0.2, 0) is 9.53 Å². The highest BCUT2D eigenvalue weighted by molar-refractivity contribution is 7.21. The maximum atomic E-state index is 11.2. The van der Waals surface area contributed by atoms with Crippen LogP contribution in [0.1, 0.15) is 6.92 Å². The lowest BCUT2D eigenvalue weighted by Crippen LogP contribution is -2.36. The van der Waals surface area contributed by atoms with Gasteiger partial charge in [0.05, 0.1) is 29.1 Å². The molecular weight excluding hydrogens is 362 g/mol. The minimum Gasteiger partial charge on any atom is -0.378 e. The fraction of sp³-hybridized carbons (Fsp3) is 0.263. The van der Waals surface area contributed by atoms with Crippen LogP contribution in [0.2, 0.25) is 0 Å². The van der Waals surface area contributed by atoms with Crippen LogP contribution in [-0.4, -0.2) is 37.2 Å². The fourth-order valence-electron chi connectivity index (χ4n) is 2.89. The average Bonchev–Trinajstić information content (AvgIpc) is 3.09. The van der Waals surface area contributed by atoms with Crippen molar-refractivity contribution in [2.24, 2.45) is 10.2 Å². The summed E-state index contributed by atoms with van der Waals surface area (Å²) in [4.78, 5) is 17.9. The third kappa shape index (κ3) is 4.29. The van der Waals surface area contributed by atoms with E-state index in [-0.39, 0.29) is 5.91 Å². The van der Waals surface area contributed by atoms with Gasteiger partial charge in [0, 0.05) is 31.4 Å². The molecule has 4 rings (SSSR count). The maximum absolute atomic E-state index is 11.2. The summed E-state index contributed by atoms with van der Waals surface area (Å²) < 4.78 is 6.38. The zero-order chi connectivity index (χ0) is 18.6. The molecule has 7 nitrogen and oxygen atoms in total. The quantitative estimate of drug-likeness (QED) is 0.675. The summed E-state index contributed by atoms with van der Waals surface area (Å²) >= 11 is 1.46. The minimum absolute atomic E-state index is 0.106. The Balaban J connectivity index is 1.47. The number of nitrogens with zero attached hydrogens (tertiary/aromatic N) is 4. The predicted molar refractivity (Wildman–Crippen MR) is 108 cm³/mol. The highest BCUT2D eigenvalue weighted by Gasteiger charge is 2.10. The monoisotopic (exact) mass is 381 g/mol. The van der Waals surface area contributed by atoms with Crippen molar-refractivity contribution in [1.82, 2.24) is 4.98 Å². The van der Waals surface area contributed by atoms with Crippen molar-refractivity contribution >= 4 is 49.7 Å². The molecule has 1 fully saturated rings. The van der Waals surface area contributed by atoms with Gasteiger partial charge in [-0.3, -0.25) is 4.79 Å². The van der Waals surface area contributed by atoms with Crippen molar-refractivity contribution in [3.05, 3.63) is 42.5 Å². The molecule has 1 amide bonds. The smallest absolute Gasteiger partial charge is 0.231 e. The Bertz CT molecular complexity index is 977. The number of benzene rings is 2. The summed E-state index contributed by atoms with van der Waals surface area (Å²) in [5, 5.41) is 11.9. The van der Waals surface area contributed by atoms with Gasteiger partial charge in [0.15, 0.2) is 0 Å². The zero-order valence-electron chi connectivity index (χ0n) is 14.9. The van der Waals surface area contributed by atoms with Gasteiger partial charge in [0.2, 0.25) is 11.0 Å². The first-order valence-corrected chi connectivity index (χ1v) is 9.52. The van der Waals surface area contributed by atoms with Gasteiger partial charge in [0.1, 0.15) is 0 Å². The largest absolute Gasteiger partial charge is 0.378 e. The molecule has 0 bridgehead atoms. The van der Waals surface area contributed by atoms with Gasteiger partial charge in [-0.25, -0.2) is 4.98 Å². The van der Waals surface area contributed by atoms with Crippen LogP contribution in [0.3, 0.4) is 0 Å². The Morgan fingerprint density at radius 2 is 1.93 bits per heavy atom. The van der Waals surface area contributed by atoms with Gasteiger partial charge in [-0.05, 0) is 42.5 Å². The molecule has 1 N–H and O–H groups in total. The molecule has 8 heteroatoms. The Kier molecular flexibility index (Phi) is 5.08. The second-order valence-corrected chi connectivity index (χ2v) is 7.19. The average molecular weight is 381 g/mol. The molecule has 3 aromatic rings. The van der Waals surface area contributed by atoms with E-state index in [2.05, 4.69) is 37.6 Å². The van der Waals surface area contributed by atoms with Gasteiger partial charge in [-0.15, -0.1) is 10.2 Å². The van der Waals surface area contributed by atoms with Crippen molar-refractivity contribution in [3.8, 4) is 0 Å².